The molecular formula is C19H24BrNO5. The molecule has 7 heteroatoms. The molecule has 1 amide bonds. The van der Waals surface area contributed by atoms with Gasteiger partial charge in [0.2, 0.25) is 0 Å². The van der Waals surface area contributed by atoms with Crippen LogP contribution in [0.5, 0.6) is 0 Å². The van der Waals surface area contributed by atoms with E-state index in [1.807, 2.05) is 45.0 Å². The zero-order valence-electron chi connectivity index (χ0n) is 15.3. The van der Waals surface area contributed by atoms with Gasteiger partial charge < -0.3 is 19.5 Å². The van der Waals surface area contributed by atoms with Gasteiger partial charge in [0, 0.05) is 23.0 Å². The van der Waals surface area contributed by atoms with E-state index in [2.05, 4.69) is 15.9 Å². The first-order valence-corrected chi connectivity index (χ1v) is 9.42. The molecule has 1 aromatic carbocycles. The zero-order valence-corrected chi connectivity index (χ0v) is 16.8. The molecule has 1 heterocycles. The molecular weight excluding hydrogens is 402 g/mol. The predicted molar refractivity (Wildman–Crippen MR) is 98.9 cm³/mol. The van der Waals surface area contributed by atoms with Crippen molar-refractivity contribution in [3.8, 4) is 0 Å². The Bertz CT molecular complexity index is 696. The Morgan fingerprint density at radius 1 is 1.19 bits per heavy atom. The fourth-order valence-electron chi connectivity index (χ4n) is 3.95. The van der Waals surface area contributed by atoms with Crippen molar-refractivity contribution >= 4 is 28.0 Å². The minimum absolute atomic E-state index is 0.0114. The number of carbonyl (C=O) groups excluding carboxylic acids is 1. The van der Waals surface area contributed by atoms with Crippen LogP contribution in [-0.2, 0) is 19.9 Å². The van der Waals surface area contributed by atoms with Gasteiger partial charge in [-0.25, -0.2) is 9.59 Å². The lowest BCUT2D eigenvalue weighted by Gasteiger charge is -2.63. The Labute approximate surface area is 161 Å². The second-order valence-corrected chi connectivity index (χ2v) is 9.29. The number of likely N-dealkylation sites (tertiary alicyclic amines) is 1. The van der Waals surface area contributed by atoms with Gasteiger partial charge in [0.25, 0.3) is 0 Å². The van der Waals surface area contributed by atoms with E-state index in [0.29, 0.717) is 25.9 Å². The van der Waals surface area contributed by atoms with Crippen LogP contribution in [0.4, 0.5) is 4.79 Å². The van der Waals surface area contributed by atoms with Crippen LogP contribution in [0, 0.1) is 5.41 Å². The number of amides is 1. The van der Waals surface area contributed by atoms with Gasteiger partial charge in [-0.05, 0) is 51.3 Å². The highest BCUT2D eigenvalue weighted by Gasteiger charge is 2.62. The van der Waals surface area contributed by atoms with Crippen LogP contribution in [0.1, 0.15) is 39.2 Å². The van der Waals surface area contributed by atoms with Crippen molar-refractivity contribution in [3.63, 3.8) is 0 Å². The van der Waals surface area contributed by atoms with Gasteiger partial charge in [-0.2, -0.15) is 0 Å². The summed E-state index contributed by atoms with van der Waals surface area (Å²) in [6, 6.07) is 7.78. The van der Waals surface area contributed by atoms with E-state index in [1.54, 1.807) is 4.90 Å². The molecule has 26 heavy (non-hydrogen) atoms. The molecule has 1 saturated heterocycles. The van der Waals surface area contributed by atoms with Crippen molar-refractivity contribution in [3.05, 3.63) is 34.3 Å². The van der Waals surface area contributed by atoms with Crippen LogP contribution < -0.4 is 0 Å². The molecule has 3 rings (SSSR count). The summed E-state index contributed by atoms with van der Waals surface area (Å²) in [6.07, 6.45) is 1.11. The lowest BCUT2D eigenvalue weighted by Crippen LogP contribution is -2.68. The number of carboxylic acid groups (broad SMARTS) is 1. The van der Waals surface area contributed by atoms with Gasteiger partial charge >= 0.3 is 12.1 Å². The number of halogens is 1. The molecule has 0 bridgehead atoms. The van der Waals surface area contributed by atoms with Crippen LogP contribution in [0.2, 0.25) is 0 Å². The van der Waals surface area contributed by atoms with Gasteiger partial charge in [-0.3, -0.25) is 0 Å². The van der Waals surface area contributed by atoms with Gasteiger partial charge in [-0.15, -0.1) is 0 Å². The molecule has 1 aliphatic carbocycles. The largest absolute Gasteiger partial charge is 0.480 e. The maximum Gasteiger partial charge on any atom is 0.410 e. The highest BCUT2D eigenvalue weighted by Crippen LogP contribution is 2.60. The maximum atomic E-state index is 12.1. The summed E-state index contributed by atoms with van der Waals surface area (Å²) in [5.74, 6) is -0.980. The normalized spacial score (nSPS) is 20.2. The SMILES string of the molecule is CC(C)(C)OC(=O)N1CC2(C1)CC(OCC(=O)O)(c1ccc(Br)cc1)C2. The maximum absolute atomic E-state index is 12.1. The summed E-state index contributed by atoms with van der Waals surface area (Å²) < 4.78 is 12.2. The molecule has 2 fully saturated rings. The van der Waals surface area contributed by atoms with Gasteiger partial charge in [-0.1, -0.05) is 28.1 Å². The summed E-state index contributed by atoms with van der Waals surface area (Å²) in [5.41, 5.74) is -0.143. The third-order valence-corrected chi connectivity index (χ3v) is 5.40. The summed E-state index contributed by atoms with van der Waals surface area (Å²) in [5, 5.41) is 9.01. The Hall–Kier alpha value is -1.60. The zero-order chi connectivity index (χ0) is 19.2. The fourth-order valence-corrected chi connectivity index (χ4v) is 4.21. The first-order valence-electron chi connectivity index (χ1n) is 8.62. The molecule has 0 atom stereocenters. The van der Waals surface area contributed by atoms with E-state index in [4.69, 9.17) is 14.6 Å². The van der Waals surface area contributed by atoms with Crippen molar-refractivity contribution < 1.29 is 24.2 Å². The van der Waals surface area contributed by atoms with Crippen LogP contribution in [0.3, 0.4) is 0 Å². The lowest BCUT2D eigenvalue weighted by atomic mass is 9.53. The summed E-state index contributed by atoms with van der Waals surface area (Å²) in [7, 11) is 0. The smallest absolute Gasteiger partial charge is 0.410 e. The number of ether oxygens (including phenoxy) is 2. The van der Waals surface area contributed by atoms with Crippen molar-refractivity contribution in [1.29, 1.82) is 0 Å². The molecule has 1 aromatic rings. The van der Waals surface area contributed by atoms with Crippen LogP contribution >= 0.6 is 15.9 Å². The lowest BCUT2D eigenvalue weighted by molar-refractivity contribution is -0.220. The number of rotatable bonds is 4. The first-order chi connectivity index (χ1) is 12.0. The van der Waals surface area contributed by atoms with Gasteiger partial charge in [0.15, 0.2) is 0 Å². The minimum Gasteiger partial charge on any atom is -0.480 e. The van der Waals surface area contributed by atoms with Crippen LogP contribution in [-0.4, -0.2) is 47.4 Å². The van der Waals surface area contributed by atoms with Crippen molar-refractivity contribution in [2.75, 3.05) is 19.7 Å². The molecule has 1 saturated carbocycles. The molecule has 0 unspecified atom stereocenters. The predicted octanol–water partition coefficient (Wildman–Crippen LogP) is 3.78. The second-order valence-electron chi connectivity index (χ2n) is 8.37. The van der Waals surface area contributed by atoms with Crippen molar-refractivity contribution in [2.45, 2.75) is 44.8 Å². The van der Waals surface area contributed by atoms with Crippen LogP contribution in [0.15, 0.2) is 28.7 Å². The number of benzene rings is 1. The summed E-state index contributed by atoms with van der Waals surface area (Å²) in [6.45, 7) is 6.46. The standard InChI is InChI=1S/C19H24BrNO5/c1-17(2,3)26-16(24)21-11-18(12-21)9-19(10-18,25-8-15(22)23)13-4-6-14(20)7-5-13/h4-7H,8-12H2,1-3H3,(H,22,23). The summed E-state index contributed by atoms with van der Waals surface area (Å²) >= 11 is 3.42. The number of hydrogen-bond acceptors (Lipinski definition) is 4. The Morgan fingerprint density at radius 3 is 2.27 bits per heavy atom. The third kappa shape index (κ3) is 3.88. The molecule has 0 aromatic heterocycles. The number of nitrogens with zero attached hydrogens (tertiary/aromatic N) is 1. The third-order valence-electron chi connectivity index (χ3n) is 4.87. The molecule has 1 aliphatic heterocycles. The van der Waals surface area contributed by atoms with E-state index in [0.717, 1.165) is 10.0 Å². The molecule has 1 spiro atoms. The molecule has 142 valence electrons. The highest BCUT2D eigenvalue weighted by atomic mass is 79.9. The van der Waals surface area contributed by atoms with E-state index in [1.165, 1.54) is 0 Å². The quantitative estimate of drug-likeness (QED) is 0.793. The average molecular weight is 426 g/mol. The minimum atomic E-state index is -0.980. The van der Waals surface area contributed by atoms with Crippen molar-refractivity contribution in [1.82, 2.24) is 4.90 Å². The highest BCUT2D eigenvalue weighted by molar-refractivity contribution is 9.10. The monoisotopic (exact) mass is 425 g/mol. The van der Waals surface area contributed by atoms with Crippen LogP contribution in [0.25, 0.3) is 0 Å². The number of hydrogen-bond donors (Lipinski definition) is 1. The Morgan fingerprint density at radius 2 is 1.77 bits per heavy atom. The second kappa shape index (κ2) is 6.53. The fraction of sp³-hybridized carbons (Fsp3) is 0.579. The Balaban J connectivity index is 1.66. The Kier molecular flexibility index (Phi) is 4.82. The van der Waals surface area contributed by atoms with E-state index in [9.17, 15) is 9.59 Å². The number of carbonyl (C=O) groups is 2. The average Bonchev–Trinajstić information content (AvgIpc) is 2.43. The van der Waals surface area contributed by atoms with Gasteiger partial charge in [0.05, 0.1) is 5.60 Å². The number of aliphatic carboxylic acids is 1. The van der Waals surface area contributed by atoms with E-state index < -0.39 is 17.2 Å². The molecule has 2 aliphatic rings. The van der Waals surface area contributed by atoms with Crippen molar-refractivity contribution in [2.24, 2.45) is 5.41 Å². The summed E-state index contributed by atoms with van der Waals surface area (Å²) in [4.78, 5) is 24.8. The van der Waals surface area contributed by atoms with Gasteiger partial charge in [0.1, 0.15) is 12.2 Å². The molecule has 0 radical (unpaired) electrons. The molecule has 1 N–H and O–H groups in total. The van der Waals surface area contributed by atoms with E-state index >= 15 is 0 Å². The topological polar surface area (TPSA) is 76.1 Å². The number of carboxylic acids is 1. The molecule has 6 nitrogen and oxygen atoms in total. The van der Waals surface area contributed by atoms with E-state index in [-0.39, 0.29) is 18.1 Å². The first kappa shape index (κ1) is 19.2.